The van der Waals surface area contributed by atoms with Crippen LogP contribution in [0.2, 0.25) is 18.1 Å². The zero-order valence-corrected chi connectivity index (χ0v) is 25.2. The molecule has 3 aromatic rings. The largest absolute Gasteiger partial charge is 0.695 e. The molecule has 13 heteroatoms. The average Bonchev–Trinajstić information content (AvgIpc) is 3.36. The van der Waals surface area contributed by atoms with E-state index in [-0.39, 0.29) is 10.9 Å². The van der Waals surface area contributed by atoms with Crippen molar-refractivity contribution in [3.05, 3.63) is 54.0 Å². The van der Waals surface area contributed by atoms with E-state index >= 15 is 0 Å². The highest BCUT2D eigenvalue weighted by Gasteiger charge is 2.55. The zero-order chi connectivity index (χ0) is 28.8. The number of nitrogens with zero attached hydrogens (tertiary/aromatic N) is 4. The van der Waals surface area contributed by atoms with Gasteiger partial charge in [-0.25, -0.2) is 9.97 Å². The minimum absolute atomic E-state index is 0.141. The maximum atomic E-state index is 13.5. The summed E-state index contributed by atoms with van der Waals surface area (Å²) in [7, 11) is -5.42. The van der Waals surface area contributed by atoms with Crippen molar-refractivity contribution in [2.75, 3.05) is 18.1 Å². The monoisotopic (exact) mass is 587 g/mol. The molecule has 5 atom stereocenters. The molecular formula is C27H36N4O7PSi+. The lowest BCUT2D eigenvalue weighted by atomic mass is 10.1. The number of hydrogen-bond donors (Lipinski definition) is 2. The molecule has 0 radical (unpaired) electrons. The lowest BCUT2D eigenvalue weighted by Crippen LogP contribution is -2.49. The van der Waals surface area contributed by atoms with Crippen molar-refractivity contribution in [2.45, 2.75) is 76.3 Å². The topological polar surface area (TPSA) is 136 Å². The van der Waals surface area contributed by atoms with Crippen LogP contribution >= 0.6 is 8.25 Å². The van der Waals surface area contributed by atoms with Gasteiger partial charge in [-0.1, -0.05) is 39.0 Å². The van der Waals surface area contributed by atoms with Crippen molar-refractivity contribution in [1.82, 2.24) is 14.5 Å². The molecule has 4 heterocycles. The van der Waals surface area contributed by atoms with Gasteiger partial charge in [0.25, 0.3) is 5.91 Å². The summed E-state index contributed by atoms with van der Waals surface area (Å²) in [5.41, 5.74) is 2.08. The normalized spacial score (nSPS) is 23.9. The van der Waals surface area contributed by atoms with Gasteiger partial charge < -0.3 is 18.8 Å². The van der Waals surface area contributed by atoms with E-state index in [1.54, 1.807) is 17.0 Å². The lowest BCUT2D eigenvalue weighted by Gasteiger charge is -2.40. The summed E-state index contributed by atoms with van der Waals surface area (Å²) in [4.78, 5) is 34.0. The van der Waals surface area contributed by atoms with E-state index in [9.17, 15) is 19.4 Å². The molecule has 2 aliphatic rings. The molecule has 2 aliphatic heterocycles. The van der Waals surface area contributed by atoms with Crippen LogP contribution in [0.4, 0.5) is 5.82 Å². The smallest absolute Gasteiger partial charge is 0.406 e. The van der Waals surface area contributed by atoms with E-state index < -0.39 is 47.7 Å². The number of carbonyl (C=O) groups is 1. The molecule has 214 valence electrons. The first-order valence-electron chi connectivity index (χ1n) is 13.4. The van der Waals surface area contributed by atoms with Gasteiger partial charge in [-0.3, -0.25) is 9.69 Å². The fourth-order valence-corrected chi connectivity index (χ4v) is 6.90. The van der Waals surface area contributed by atoms with Crippen molar-refractivity contribution in [1.29, 1.82) is 0 Å². The van der Waals surface area contributed by atoms with Crippen molar-refractivity contribution < 1.29 is 33.0 Å². The summed E-state index contributed by atoms with van der Waals surface area (Å²) in [6.45, 7) is 10.5. The van der Waals surface area contributed by atoms with E-state index in [0.29, 0.717) is 30.0 Å². The number of amides is 1. The van der Waals surface area contributed by atoms with Crippen LogP contribution in [0.3, 0.4) is 0 Å². The van der Waals surface area contributed by atoms with E-state index in [1.807, 2.05) is 29.0 Å². The second-order valence-corrected chi connectivity index (χ2v) is 17.2. The van der Waals surface area contributed by atoms with Gasteiger partial charge in [0, 0.05) is 22.9 Å². The number of aromatic nitrogens is 3. The second-order valence-electron chi connectivity index (χ2n) is 11.8. The van der Waals surface area contributed by atoms with Crippen molar-refractivity contribution in [3.8, 4) is 0 Å². The predicted octanol–water partition coefficient (Wildman–Crippen LogP) is 4.34. The number of hydrogen-bond acceptors (Lipinski definition) is 8. The Morgan fingerprint density at radius 3 is 2.58 bits per heavy atom. The van der Waals surface area contributed by atoms with Gasteiger partial charge in [-0.05, 0) is 48.7 Å². The van der Waals surface area contributed by atoms with Crippen molar-refractivity contribution in [3.63, 3.8) is 0 Å². The van der Waals surface area contributed by atoms with Crippen LogP contribution in [0.1, 0.15) is 49.3 Å². The van der Waals surface area contributed by atoms with Crippen LogP contribution < -0.4 is 4.90 Å². The van der Waals surface area contributed by atoms with Gasteiger partial charge in [-0.2, -0.15) is 0 Å². The van der Waals surface area contributed by atoms with Crippen LogP contribution in [-0.4, -0.2) is 70.2 Å². The van der Waals surface area contributed by atoms with Crippen LogP contribution in [0, 0.1) is 0 Å². The summed E-state index contributed by atoms with van der Waals surface area (Å²) in [5.74, 6) is 0.382. The number of rotatable bonds is 7. The van der Waals surface area contributed by atoms with Gasteiger partial charge >= 0.3 is 8.25 Å². The minimum atomic E-state index is -2.98. The van der Waals surface area contributed by atoms with Gasteiger partial charge in [0.05, 0.1) is 12.0 Å². The quantitative estimate of drug-likeness (QED) is 0.306. The predicted molar refractivity (Wildman–Crippen MR) is 152 cm³/mol. The summed E-state index contributed by atoms with van der Waals surface area (Å²) in [6, 6.07) is 9.10. The molecule has 1 unspecified atom stereocenters. The van der Waals surface area contributed by atoms with Crippen molar-refractivity contribution in [2.24, 2.45) is 0 Å². The Labute approximate surface area is 235 Å². The van der Waals surface area contributed by atoms with Crippen molar-refractivity contribution >= 4 is 39.3 Å². The molecular weight excluding hydrogens is 551 g/mol. The number of carbonyl (C=O) groups excluding carboxylic acids is 1. The van der Waals surface area contributed by atoms with Gasteiger partial charge in [0.15, 0.2) is 20.6 Å². The summed E-state index contributed by atoms with van der Waals surface area (Å²) >= 11 is 0. The SMILES string of the molecule is CC(C)(C)[Si](C)(C)O[C@@H]1[C@H](O[P+](=O)O)[C@@H](CO)O[C@H]1n1cc2c3c(ncnc31)N(C(=O)c1ccccc1)CCC2. The summed E-state index contributed by atoms with van der Waals surface area (Å²) < 4.78 is 32.1. The van der Waals surface area contributed by atoms with Crippen LogP contribution in [0.25, 0.3) is 11.0 Å². The summed E-state index contributed by atoms with van der Waals surface area (Å²) in [5, 5.41) is 10.7. The number of anilines is 1. The van der Waals surface area contributed by atoms with E-state index in [2.05, 4.69) is 43.8 Å². The molecule has 0 aliphatic carbocycles. The van der Waals surface area contributed by atoms with Gasteiger partial charge in [-0.15, -0.1) is 9.42 Å². The average molecular weight is 588 g/mol. The molecule has 1 aromatic carbocycles. The Bertz CT molecular complexity index is 1410. The molecule has 0 spiro atoms. The number of ether oxygens (including phenoxy) is 1. The van der Waals surface area contributed by atoms with E-state index in [1.165, 1.54) is 6.33 Å². The molecule has 5 rings (SSSR count). The first kappa shape index (κ1) is 28.9. The van der Waals surface area contributed by atoms with Gasteiger partial charge in [0.1, 0.15) is 30.0 Å². The molecule has 2 N–H and O–H groups in total. The van der Waals surface area contributed by atoms with Crippen LogP contribution in [0.15, 0.2) is 42.9 Å². The molecule has 1 amide bonds. The van der Waals surface area contributed by atoms with E-state index in [4.69, 9.17) is 13.7 Å². The number of benzene rings is 1. The molecule has 40 heavy (non-hydrogen) atoms. The Morgan fingerprint density at radius 1 is 1.20 bits per heavy atom. The Morgan fingerprint density at radius 2 is 1.93 bits per heavy atom. The first-order valence-corrected chi connectivity index (χ1v) is 17.4. The lowest BCUT2D eigenvalue weighted by molar-refractivity contribution is -0.0485. The van der Waals surface area contributed by atoms with Crippen LogP contribution in [-0.2, 0) is 24.7 Å². The Hall–Kier alpha value is -2.57. The number of aryl methyl sites for hydroxylation is 1. The van der Waals surface area contributed by atoms with Crippen LogP contribution in [0.5, 0.6) is 0 Å². The highest BCUT2D eigenvalue weighted by molar-refractivity contribution is 7.32. The summed E-state index contributed by atoms with van der Waals surface area (Å²) in [6.07, 6.45) is 1.30. The molecule has 0 saturated carbocycles. The Kier molecular flexibility index (Phi) is 7.97. The highest BCUT2D eigenvalue weighted by Crippen LogP contribution is 2.45. The number of aliphatic hydroxyl groups excluding tert-OH is 1. The molecule has 2 aromatic heterocycles. The third kappa shape index (κ3) is 5.25. The maximum absolute atomic E-state index is 13.5. The standard InChI is InChI=1S/C27H35N4O7PSi/c1-27(2,3)40(4,5)38-22-21(37-39(34)35)19(15-32)36-26(22)31-14-18-12-9-13-30(23-20(18)24(31)29-16-28-23)25(33)17-10-7-6-8-11-17/h6-8,10-11,14,16,19,21-22,26,32H,9,12-13,15H2,1-5H3/p+1/t19-,21-,22-,26-/m1/s1. The fourth-order valence-electron chi connectivity index (χ4n) is 5.15. The zero-order valence-electron chi connectivity index (χ0n) is 23.4. The fraction of sp³-hybridized carbons (Fsp3) is 0.519. The molecule has 1 fully saturated rings. The number of aliphatic hydroxyl groups is 1. The maximum Gasteiger partial charge on any atom is 0.695 e. The molecule has 11 nitrogen and oxygen atoms in total. The molecule has 1 saturated heterocycles. The highest BCUT2D eigenvalue weighted by atomic mass is 31.1. The third-order valence-corrected chi connectivity index (χ3v) is 13.1. The molecule has 0 bridgehead atoms. The van der Waals surface area contributed by atoms with Gasteiger partial charge in [0.2, 0.25) is 0 Å². The second kappa shape index (κ2) is 11.0. The first-order chi connectivity index (χ1) is 18.9. The third-order valence-electron chi connectivity index (χ3n) is 8.21. The van der Waals surface area contributed by atoms with E-state index in [0.717, 1.165) is 17.4 Å². The minimum Gasteiger partial charge on any atom is -0.406 e. The Balaban J connectivity index is 1.61.